The third-order valence-electron chi connectivity index (χ3n) is 6.33. The minimum Gasteiger partial charge on any atom is -0.504 e. The maximum Gasteiger partial charge on any atom is 0.271 e. The van der Waals surface area contributed by atoms with Crippen LogP contribution in [-0.2, 0) is 6.42 Å². The lowest BCUT2D eigenvalue weighted by molar-refractivity contribution is 0.317. The maximum absolute atomic E-state index is 13.8. The normalized spacial score (nSPS) is 17.0. The molecule has 1 N–H and O–H groups in total. The van der Waals surface area contributed by atoms with Gasteiger partial charge in [-0.1, -0.05) is 41.7 Å². The molecule has 0 bridgehead atoms. The van der Waals surface area contributed by atoms with Gasteiger partial charge in [0, 0.05) is 10.4 Å². The lowest BCUT2D eigenvalue weighted by atomic mass is 9.85. The minimum atomic E-state index is -0.143. The number of hydrogen-bond donors (Lipinski definition) is 1. The number of aromatic nitrogens is 1. The van der Waals surface area contributed by atoms with Crippen molar-refractivity contribution in [1.82, 2.24) is 4.57 Å². The lowest BCUT2D eigenvalue weighted by Gasteiger charge is -2.30. The van der Waals surface area contributed by atoms with Gasteiger partial charge in [0.05, 0.1) is 26.4 Å². The van der Waals surface area contributed by atoms with Gasteiger partial charge in [0.2, 0.25) is 0 Å². The molecule has 1 aliphatic heterocycles. The van der Waals surface area contributed by atoms with Gasteiger partial charge in [0.1, 0.15) is 0 Å². The zero-order chi connectivity index (χ0) is 24.1. The molecule has 1 atom stereocenters. The Labute approximate surface area is 223 Å². The smallest absolute Gasteiger partial charge is 0.271 e. The van der Waals surface area contributed by atoms with Gasteiger partial charge in [-0.25, -0.2) is 4.99 Å². The van der Waals surface area contributed by atoms with Crippen molar-refractivity contribution in [2.45, 2.75) is 25.8 Å². The van der Waals surface area contributed by atoms with Crippen LogP contribution in [0.5, 0.6) is 11.5 Å². The van der Waals surface area contributed by atoms with Gasteiger partial charge >= 0.3 is 0 Å². The molecule has 2 aliphatic rings. The van der Waals surface area contributed by atoms with Crippen molar-refractivity contribution in [3.63, 3.8) is 0 Å². The van der Waals surface area contributed by atoms with E-state index in [1.54, 1.807) is 17.4 Å². The number of rotatable bonds is 4. The van der Waals surface area contributed by atoms with Gasteiger partial charge in [-0.15, -0.1) is 11.3 Å². The van der Waals surface area contributed by atoms with Crippen molar-refractivity contribution < 1.29 is 9.84 Å². The van der Waals surface area contributed by atoms with Crippen LogP contribution in [-0.4, -0.2) is 16.3 Å². The van der Waals surface area contributed by atoms with Crippen molar-refractivity contribution >= 4 is 57.0 Å². The van der Waals surface area contributed by atoms with Crippen LogP contribution in [0.4, 0.5) is 0 Å². The second kappa shape index (κ2) is 9.07. The summed E-state index contributed by atoms with van der Waals surface area (Å²) in [4.78, 5) is 20.7. The number of aromatic hydroxyl groups is 1. The van der Waals surface area contributed by atoms with E-state index >= 15 is 0 Å². The number of ether oxygens (including phenoxy) is 1. The van der Waals surface area contributed by atoms with E-state index in [-0.39, 0.29) is 17.4 Å². The quantitative estimate of drug-likeness (QED) is 0.327. The van der Waals surface area contributed by atoms with E-state index in [0.29, 0.717) is 25.3 Å². The summed E-state index contributed by atoms with van der Waals surface area (Å²) in [6.07, 6.45) is 3.70. The first kappa shape index (κ1) is 22.8. The Bertz CT molecular complexity index is 1670. The molecule has 0 saturated heterocycles. The summed E-state index contributed by atoms with van der Waals surface area (Å²) >= 11 is 5.17. The second-order valence-corrected chi connectivity index (χ2v) is 11.6. The molecule has 0 fully saturated rings. The number of phenolic OH excluding ortho intramolecular Hbond substituents is 1. The molecule has 0 saturated carbocycles. The highest BCUT2D eigenvalue weighted by Crippen LogP contribution is 2.42. The Morgan fingerprint density at radius 1 is 1.23 bits per heavy atom. The number of nitrogens with zero attached hydrogens (tertiary/aromatic N) is 2. The predicted octanol–water partition coefficient (Wildman–Crippen LogP) is 5.09. The highest BCUT2D eigenvalue weighted by Gasteiger charge is 2.33. The molecule has 3 heterocycles. The first-order valence-corrected chi connectivity index (χ1v) is 14.1. The number of hydrogen-bond acceptors (Lipinski definition) is 6. The van der Waals surface area contributed by atoms with E-state index in [2.05, 4.69) is 58.3 Å². The summed E-state index contributed by atoms with van der Waals surface area (Å²) in [6, 6.07) is 16.1. The van der Waals surface area contributed by atoms with Crippen LogP contribution in [0.25, 0.3) is 11.8 Å². The monoisotopic (exact) mass is 612 g/mol. The average molecular weight is 613 g/mol. The molecule has 4 aromatic rings. The molecule has 1 aliphatic carbocycles. The van der Waals surface area contributed by atoms with Crippen molar-refractivity contribution in [2.24, 2.45) is 4.99 Å². The minimum absolute atomic E-state index is 0.0430. The Balaban J connectivity index is 1.58. The summed E-state index contributed by atoms with van der Waals surface area (Å²) < 4.78 is 8.75. The second-order valence-electron chi connectivity index (χ2n) is 8.41. The Morgan fingerprint density at radius 3 is 2.89 bits per heavy atom. The number of aryl methyl sites for hydroxylation is 1. The van der Waals surface area contributed by atoms with E-state index in [0.717, 1.165) is 29.0 Å². The fourth-order valence-electron chi connectivity index (χ4n) is 4.81. The van der Waals surface area contributed by atoms with Crippen LogP contribution in [0.3, 0.4) is 0 Å². The summed E-state index contributed by atoms with van der Waals surface area (Å²) in [7, 11) is 0. The number of allylic oxidation sites excluding steroid dienone is 1. The van der Waals surface area contributed by atoms with Crippen LogP contribution in [0.15, 0.2) is 69.3 Å². The molecule has 176 valence electrons. The fourth-order valence-corrected chi connectivity index (χ4v) is 7.29. The molecule has 35 heavy (non-hydrogen) atoms. The van der Waals surface area contributed by atoms with Gasteiger partial charge in [-0.3, -0.25) is 9.36 Å². The number of benzene rings is 2. The van der Waals surface area contributed by atoms with E-state index in [1.165, 1.54) is 28.0 Å². The van der Waals surface area contributed by atoms with E-state index < -0.39 is 0 Å². The van der Waals surface area contributed by atoms with Crippen molar-refractivity contribution in [3.8, 4) is 11.5 Å². The molecular formula is C27H21IN2O3S2. The van der Waals surface area contributed by atoms with Crippen LogP contribution in [0.1, 0.15) is 41.0 Å². The SMILES string of the molecule is CCOc1cc(C=c2sc3n(c2=O)C(c2cccs2)C2=C(N=3)c3ccccc3CC2)cc(I)c1O. The number of halogens is 1. The van der Waals surface area contributed by atoms with Gasteiger partial charge < -0.3 is 9.84 Å². The zero-order valence-corrected chi connectivity index (χ0v) is 22.6. The number of thiazole rings is 1. The third kappa shape index (κ3) is 3.88. The number of fused-ring (bicyclic) bond motifs is 3. The van der Waals surface area contributed by atoms with Crippen LogP contribution in [0, 0.1) is 3.57 Å². The first-order chi connectivity index (χ1) is 17.0. The van der Waals surface area contributed by atoms with E-state index in [1.807, 2.05) is 29.7 Å². The standard InChI is InChI=1S/C27H21IN2O3S2/c1-2-33-20-13-15(12-19(28)25(20)31)14-22-26(32)30-24(21-8-5-11-34-21)18-10-9-16-6-3-4-7-17(16)23(18)29-27(30)35-22/h3-8,11-14,24,31H,2,9-10H2,1H3. The number of phenols is 1. The largest absolute Gasteiger partial charge is 0.504 e. The first-order valence-electron chi connectivity index (χ1n) is 11.4. The Hall–Kier alpha value is -2.69. The molecule has 1 unspecified atom stereocenters. The zero-order valence-electron chi connectivity index (χ0n) is 18.8. The van der Waals surface area contributed by atoms with Gasteiger partial charge in [0.25, 0.3) is 5.56 Å². The molecule has 0 amide bonds. The van der Waals surface area contributed by atoms with Crippen LogP contribution >= 0.6 is 45.3 Å². The molecule has 0 spiro atoms. The predicted molar refractivity (Wildman–Crippen MR) is 149 cm³/mol. The Kier molecular flexibility index (Phi) is 5.90. The summed E-state index contributed by atoms with van der Waals surface area (Å²) in [5, 5.41) is 12.4. The van der Waals surface area contributed by atoms with Gasteiger partial charge in [-0.2, -0.15) is 0 Å². The van der Waals surface area contributed by atoms with E-state index in [4.69, 9.17) is 9.73 Å². The van der Waals surface area contributed by atoms with Crippen LogP contribution in [0.2, 0.25) is 0 Å². The number of thiophene rings is 1. The van der Waals surface area contributed by atoms with Crippen molar-refractivity contribution in [2.75, 3.05) is 6.61 Å². The van der Waals surface area contributed by atoms with Crippen molar-refractivity contribution in [3.05, 3.63) is 104 Å². The molecule has 8 heteroatoms. The Morgan fingerprint density at radius 2 is 2.09 bits per heavy atom. The van der Waals surface area contributed by atoms with Gasteiger partial charge in [0.15, 0.2) is 16.3 Å². The third-order valence-corrected chi connectivity index (χ3v) is 9.06. The topological polar surface area (TPSA) is 63.8 Å². The summed E-state index contributed by atoms with van der Waals surface area (Å²) in [5.41, 5.74) is 5.46. The maximum atomic E-state index is 13.8. The van der Waals surface area contributed by atoms with E-state index in [9.17, 15) is 9.90 Å². The molecule has 2 aromatic carbocycles. The molecule has 0 radical (unpaired) electrons. The average Bonchev–Trinajstić information content (AvgIpc) is 3.50. The fraction of sp³-hybridized carbons (Fsp3) is 0.185. The molecule has 5 nitrogen and oxygen atoms in total. The molecule has 6 rings (SSSR count). The molecular weight excluding hydrogens is 591 g/mol. The highest BCUT2D eigenvalue weighted by molar-refractivity contribution is 14.1. The summed E-state index contributed by atoms with van der Waals surface area (Å²) in [6.45, 7) is 2.32. The highest BCUT2D eigenvalue weighted by atomic mass is 127. The van der Waals surface area contributed by atoms with Crippen molar-refractivity contribution in [1.29, 1.82) is 0 Å². The molecule has 2 aromatic heterocycles. The summed E-state index contributed by atoms with van der Waals surface area (Å²) in [5.74, 6) is 0.539. The van der Waals surface area contributed by atoms with Crippen LogP contribution < -0.4 is 19.6 Å². The lowest BCUT2D eigenvalue weighted by Crippen LogP contribution is -2.38. The van der Waals surface area contributed by atoms with Gasteiger partial charge in [-0.05, 0) is 88.7 Å².